The van der Waals surface area contributed by atoms with Gasteiger partial charge in [-0.2, -0.15) is 0 Å². The molecule has 2 atom stereocenters. The first-order valence-corrected chi connectivity index (χ1v) is 8.12. The quantitative estimate of drug-likeness (QED) is 0.758. The van der Waals surface area contributed by atoms with Gasteiger partial charge >= 0.3 is 0 Å². The summed E-state index contributed by atoms with van der Waals surface area (Å²) in [6.45, 7) is 9.75. The van der Waals surface area contributed by atoms with Crippen LogP contribution in [-0.2, 0) is 9.53 Å². The lowest BCUT2D eigenvalue weighted by atomic mass is 10.1. The van der Waals surface area contributed by atoms with E-state index in [4.69, 9.17) is 4.74 Å². The Morgan fingerprint density at radius 3 is 2.65 bits per heavy atom. The van der Waals surface area contributed by atoms with Gasteiger partial charge in [0.1, 0.15) is 0 Å². The number of amides is 1. The molecule has 2 aliphatic heterocycles. The molecule has 5 heteroatoms. The first kappa shape index (κ1) is 15.7. The second-order valence-corrected chi connectivity index (χ2v) is 5.77. The molecule has 0 radical (unpaired) electrons. The molecule has 2 unspecified atom stereocenters. The van der Waals surface area contributed by atoms with Crippen LogP contribution in [0.15, 0.2) is 0 Å². The third-order valence-electron chi connectivity index (χ3n) is 4.34. The lowest BCUT2D eigenvalue weighted by Gasteiger charge is -2.30. The molecule has 2 fully saturated rings. The Labute approximate surface area is 122 Å². The molecule has 0 aromatic heterocycles. The molecule has 5 nitrogen and oxygen atoms in total. The van der Waals surface area contributed by atoms with Crippen LogP contribution in [0.5, 0.6) is 0 Å². The highest BCUT2D eigenvalue weighted by molar-refractivity contribution is 5.84. The van der Waals surface area contributed by atoms with Gasteiger partial charge in [0.15, 0.2) is 0 Å². The van der Waals surface area contributed by atoms with E-state index in [2.05, 4.69) is 29.0 Å². The minimum Gasteiger partial charge on any atom is -0.379 e. The Bertz CT molecular complexity index is 305. The van der Waals surface area contributed by atoms with Crippen molar-refractivity contribution in [3.05, 3.63) is 0 Å². The highest BCUT2D eigenvalue weighted by Gasteiger charge is 2.37. The summed E-state index contributed by atoms with van der Waals surface area (Å²) in [5, 5.41) is 3.50. The highest BCUT2D eigenvalue weighted by Crippen LogP contribution is 2.17. The van der Waals surface area contributed by atoms with Crippen molar-refractivity contribution in [1.29, 1.82) is 0 Å². The number of carbonyl (C=O) groups excluding carboxylic acids is 1. The monoisotopic (exact) mass is 283 g/mol. The third-order valence-corrected chi connectivity index (χ3v) is 4.34. The summed E-state index contributed by atoms with van der Waals surface area (Å²) in [5.74, 6) is 0.304. The van der Waals surface area contributed by atoms with E-state index >= 15 is 0 Å². The van der Waals surface area contributed by atoms with Crippen LogP contribution in [0, 0.1) is 0 Å². The molecule has 0 saturated carbocycles. The molecule has 0 bridgehead atoms. The van der Waals surface area contributed by atoms with Gasteiger partial charge in [-0.3, -0.25) is 15.0 Å². The summed E-state index contributed by atoms with van der Waals surface area (Å²) in [6, 6.07) is 0.0459. The number of nitrogens with one attached hydrogen (secondary N) is 1. The number of hydrogen-bond acceptors (Lipinski definition) is 4. The van der Waals surface area contributed by atoms with E-state index in [1.54, 1.807) is 0 Å². The zero-order valence-corrected chi connectivity index (χ0v) is 12.9. The minimum absolute atomic E-state index is 0.0459. The normalized spacial score (nSPS) is 28.3. The zero-order chi connectivity index (χ0) is 14.4. The van der Waals surface area contributed by atoms with Crippen molar-refractivity contribution >= 4 is 5.91 Å². The Morgan fingerprint density at radius 1 is 1.25 bits per heavy atom. The fraction of sp³-hybridized carbons (Fsp3) is 0.933. The number of unbranched alkanes of at least 4 members (excludes halogenated alkanes) is 1. The van der Waals surface area contributed by atoms with Crippen LogP contribution >= 0.6 is 0 Å². The summed E-state index contributed by atoms with van der Waals surface area (Å²) in [6.07, 6.45) is 4.45. The van der Waals surface area contributed by atoms with E-state index in [1.165, 1.54) is 0 Å². The van der Waals surface area contributed by atoms with Crippen molar-refractivity contribution in [1.82, 2.24) is 15.1 Å². The number of ether oxygens (including phenoxy) is 1. The SMILES string of the molecule is CCCCC1NC(CC)N(CCN2CCOCC2)C1=O. The standard InChI is InChI=1S/C15H29N3O2/c1-3-5-6-13-15(19)18(14(4-2)16-13)8-7-17-9-11-20-12-10-17/h13-14,16H,3-12H2,1-2H3. The van der Waals surface area contributed by atoms with Gasteiger partial charge in [0.25, 0.3) is 0 Å². The molecule has 2 aliphatic rings. The van der Waals surface area contributed by atoms with Gasteiger partial charge in [-0.05, 0) is 12.8 Å². The molecule has 1 N–H and O–H groups in total. The van der Waals surface area contributed by atoms with Gasteiger partial charge < -0.3 is 9.64 Å². The van der Waals surface area contributed by atoms with Crippen molar-refractivity contribution in [3.8, 4) is 0 Å². The van der Waals surface area contributed by atoms with Crippen molar-refractivity contribution < 1.29 is 9.53 Å². The number of nitrogens with zero attached hydrogens (tertiary/aromatic N) is 2. The van der Waals surface area contributed by atoms with Crippen LogP contribution in [0.1, 0.15) is 39.5 Å². The van der Waals surface area contributed by atoms with Crippen LogP contribution in [0.4, 0.5) is 0 Å². The Morgan fingerprint density at radius 2 is 2.00 bits per heavy atom. The smallest absolute Gasteiger partial charge is 0.241 e. The van der Waals surface area contributed by atoms with Gasteiger partial charge in [-0.1, -0.05) is 26.7 Å². The first-order valence-electron chi connectivity index (χ1n) is 8.12. The second kappa shape index (κ2) is 7.96. The summed E-state index contributed by atoms with van der Waals surface area (Å²) < 4.78 is 5.36. The van der Waals surface area contributed by atoms with Crippen molar-refractivity contribution in [3.63, 3.8) is 0 Å². The molecular weight excluding hydrogens is 254 g/mol. The molecule has 1 amide bonds. The fourth-order valence-corrected chi connectivity index (χ4v) is 3.04. The predicted octanol–water partition coefficient (Wildman–Crippen LogP) is 1.05. The van der Waals surface area contributed by atoms with Crippen LogP contribution in [0.2, 0.25) is 0 Å². The summed E-state index contributed by atoms with van der Waals surface area (Å²) in [5.41, 5.74) is 0. The molecule has 0 aliphatic carbocycles. The van der Waals surface area contributed by atoms with Crippen molar-refractivity contribution in [2.75, 3.05) is 39.4 Å². The molecule has 0 aromatic rings. The van der Waals surface area contributed by atoms with Gasteiger partial charge in [0.2, 0.25) is 5.91 Å². The largest absolute Gasteiger partial charge is 0.379 e. The highest BCUT2D eigenvalue weighted by atomic mass is 16.5. The minimum atomic E-state index is 0.0459. The lowest BCUT2D eigenvalue weighted by Crippen LogP contribution is -2.45. The second-order valence-electron chi connectivity index (χ2n) is 5.77. The molecule has 20 heavy (non-hydrogen) atoms. The molecular formula is C15H29N3O2. The van der Waals surface area contributed by atoms with Crippen molar-refractivity contribution in [2.24, 2.45) is 0 Å². The maximum Gasteiger partial charge on any atom is 0.241 e. The summed E-state index contributed by atoms with van der Waals surface area (Å²) in [7, 11) is 0. The predicted molar refractivity (Wildman–Crippen MR) is 79.5 cm³/mol. The molecule has 0 spiro atoms. The zero-order valence-electron chi connectivity index (χ0n) is 12.9. The van der Waals surface area contributed by atoms with Crippen LogP contribution in [-0.4, -0.2) is 67.3 Å². The number of carbonyl (C=O) groups is 1. The maximum atomic E-state index is 12.5. The average molecular weight is 283 g/mol. The van der Waals surface area contributed by atoms with E-state index in [-0.39, 0.29) is 12.2 Å². The molecule has 2 rings (SSSR count). The van der Waals surface area contributed by atoms with E-state index in [0.717, 1.165) is 65.1 Å². The number of morpholine rings is 1. The maximum absolute atomic E-state index is 12.5. The number of rotatable bonds is 7. The molecule has 2 heterocycles. The molecule has 2 saturated heterocycles. The summed E-state index contributed by atoms with van der Waals surface area (Å²) in [4.78, 5) is 16.9. The van der Waals surface area contributed by atoms with Gasteiger partial charge in [0, 0.05) is 26.2 Å². The Hall–Kier alpha value is -0.650. The van der Waals surface area contributed by atoms with E-state index in [1.807, 2.05) is 0 Å². The van der Waals surface area contributed by atoms with Crippen LogP contribution in [0.3, 0.4) is 0 Å². The lowest BCUT2D eigenvalue weighted by molar-refractivity contribution is -0.130. The summed E-state index contributed by atoms with van der Waals surface area (Å²) >= 11 is 0. The first-order chi connectivity index (χ1) is 9.76. The topological polar surface area (TPSA) is 44.8 Å². The molecule has 0 aromatic carbocycles. The number of hydrogen-bond donors (Lipinski definition) is 1. The van der Waals surface area contributed by atoms with E-state index in [0.29, 0.717) is 5.91 Å². The van der Waals surface area contributed by atoms with Crippen molar-refractivity contribution in [2.45, 2.75) is 51.7 Å². The van der Waals surface area contributed by atoms with Gasteiger partial charge in [-0.25, -0.2) is 0 Å². The van der Waals surface area contributed by atoms with E-state index in [9.17, 15) is 4.79 Å². The van der Waals surface area contributed by atoms with Crippen LogP contribution in [0.25, 0.3) is 0 Å². The van der Waals surface area contributed by atoms with E-state index < -0.39 is 0 Å². The van der Waals surface area contributed by atoms with Gasteiger partial charge in [-0.15, -0.1) is 0 Å². The van der Waals surface area contributed by atoms with Gasteiger partial charge in [0.05, 0.1) is 25.4 Å². The Kier molecular flexibility index (Phi) is 6.26. The fourth-order valence-electron chi connectivity index (χ4n) is 3.04. The average Bonchev–Trinajstić information content (AvgIpc) is 2.80. The third kappa shape index (κ3) is 3.93. The molecule has 116 valence electrons. The van der Waals surface area contributed by atoms with Crippen LogP contribution < -0.4 is 5.32 Å². The Balaban J connectivity index is 1.82.